The second-order valence-electron chi connectivity index (χ2n) is 6.28. The highest BCUT2D eigenvalue weighted by atomic mass is 16.2. The van der Waals surface area contributed by atoms with Crippen LogP contribution in [0, 0.1) is 13.8 Å². The number of amides is 2. The van der Waals surface area contributed by atoms with E-state index < -0.39 is 0 Å². The maximum Gasteiger partial charge on any atom is 0.317 e. The Balaban J connectivity index is 1.52. The van der Waals surface area contributed by atoms with Crippen LogP contribution in [0.4, 0.5) is 10.5 Å². The molecule has 0 saturated carbocycles. The molecule has 5 nitrogen and oxygen atoms in total. The van der Waals surface area contributed by atoms with Gasteiger partial charge in [-0.1, -0.05) is 17.7 Å². The summed E-state index contributed by atoms with van der Waals surface area (Å²) in [4.78, 5) is 20.5. The number of hydrogen-bond donors (Lipinski definition) is 1. The highest BCUT2D eigenvalue weighted by molar-refractivity contribution is 5.74. The molecule has 0 unspecified atom stereocenters. The van der Waals surface area contributed by atoms with Crippen molar-refractivity contribution < 1.29 is 4.79 Å². The van der Waals surface area contributed by atoms with Gasteiger partial charge in [-0.3, -0.25) is 4.98 Å². The Morgan fingerprint density at radius 3 is 2.46 bits per heavy atom. The van der Waals surface area contributed by atoms with Gasteiger partial charge in [0.1, 0.15) is 0 Å². The molecule has 0 bridgehead atoms. The molecule has 1 saturated heterocycles. The third-order valence-corrected chi connectivity index (χ3v) is 4.45. The Bertz CT molecular complexity index is 694. The fourth-order valence-corrected chi connectivity index (χ4v) is 3.10. The van der Waals surface area contributed by atoms with Crippen molar-refractivity contribution in [3.05, 3.63) is 59.4 Å². The van der Waals surface area contributed by atoms with Crippen LogP contribution in [0.5, 0.6) is 0 Å². The van der Waals surface area contributed by atoms with Gasteiger partial charge in [0.15, 0.2) is 0 Å². The molecule has 1 aromatic heterocycles. The maximum absolute atomic E-state index is 12.3. The minimum Gasteiger partial charge on any atom is -0.368 e. The molecule has 3 rings (SSSR count). The van der Waals surface area contributed by atoms with Crippen molar-refractivity contribution >= 4 is 11.7 Å². The van der Waals surface area contributed by atoms with Crippen molar-refractivity contribution in [3.63, 3.8) is 0 Å². The summed E-state index contributed by atoms with van der Waals surface area (Å²) in [5, 5.41) is 2.98. The summed E-state index contributed by atoms with van der Waals surface area (Å²) in [5.41, 5.74) is 4.92. The summed E-state index contributed by atoms with van der Waals surface area (Å²) in [5.74, 6) is 0. The zero-order chi connectivity index (χ0) is 16.9. The first kappa shape index (κ1) is 16.3. The van der Waals surface area contributed by atoms with E-state index in [0.29, 0.717) is 6.54 Å². The third kappa shape index (κ3) is 3.85. The van der Waals surface area contributed by atoms with E-state index >= 15 is 0 Å². The lowest BCUT2D eigenvalue weighted by Crippen LogP contribution is -2.51. The van der Waals surface area contributed by atoms with Crippen LogP contribution in [0.2, 0.25) is 0 Å². The van der Waals surface area contributed by atoms with Crippen LogP contribution in [-0.4, -0.2) is 42.1 Å². The first-order chi connectivity index (χ1) is 11.6. The number of nitrogens with zero attached hydrogens (tertiary/aromatic N) is 3. The first-order valence-electron chi connectivity index (χ1n) is 8.37. The molecule has 1 fully saturated rings. The van der Waals surface area contributed by atoms with Crippen LogP contribution in [0.1, 0.15) is 16.7 Å². The Hall–Kier alpha value is -2.56. The maximum atomic E-state index is 12.3. The topological polar surface area (TPSA) is 48.5 Å². The second-order valence-corrected chi connectivity index (χ2v) is 6.28. The molecule has 126 valence electrons. The number of urea groups is 1. The largest absolute Gasteiger partial charge is 0.368 e. The molecule has 2 heterocycles. The highest BCUT2D eigenvalue weighted by Crippen LogP contribution is 2.22. The molecule has 0 atom stereocenters. The number of aryl methyl sites for hydroxylation is 2. The van der Waals surface area contributed by atoms with Crippen LogP contribution >= 0.6 is 0 Å². The van der Waals surface area contributed by atoms with E-state index in [9.17, 15) is 4.79 Å². The van der Waals surface area contributed by atoms with E-state index in [1.807, 2.05) is 17.0 Å². The number of benzene rings is 1. The average molecular weight is 324 g/mol. The van der Waals surface area contributed by atoms with Gasteiger partial charge in [-0.05, 0) is 43.2 Å². The number of piperazine rings is 1. The molecular weight excluding hydrogens is 300 g/mol. The molecule has 1 N–H and O–H groups in total. The van der Waals surface area contributed by atoms with Gasteiger partial charge in [0.25, 0.3) is 0 Å². The smallest absolute Gasteiger partial charge is 0.317 e. The van der Waals surface area contributed by atoms with Gasteiger partial charge in [-0.15, -0.1) is 0 Å². The lowest BCUT2D eigenvalue weighted by atomic mass is 10.1. The first-order valence-corrected chi connectivity index (χ1v) is 8.37. The van der Waals surface area contributed by atoms with Gasteiger partial charge in [0, 0.05) is 50.8 Å². The Morgan fingerprint density at radius 2 is 1.79 bits per heavy atom. The lowest BCUT2D eigenvalue weighted by Gasteiger charge is -2.36. The van der Waals surface area contributed by atoms with E-state index in [1.165, 1.54) is 16.8 Å². The van der Waals surface area contributed by atoms with E-state index in [-0.39, 0.29) is 6.03 Å². The van der Waals surface area contributed by atoms with Crippen molar-refractivity contribution in [2.24, 2.45) is 0 Å². The van der Waals surface area contributed by atoms with E-state index in [0.717, 1.165) is 31.7 Å². The molecule has 0 aliphatic carbocycles. The van der Waals surface area contributed by atoms with Crippen molar-refractivity contribution in [2.45, 2.75) is 20.4 Å². The van der Waals surface area contributed by atoms with Gasteiger partial charge in [0.05, 0.1) is 0 Å². The third-order valence-electron chi connectivity index (χ3n) is 4.45. The quantitative estimate of drug-likeness (QED) is 0.944. The summed E-state index contributed by atoms with van der Waals surface area (Å²) in [6.45, 7) is 8.03. The molecule has 0 radical (unpaired) electrons. The number of carbonyl (C=O) groups excluding carboxylic acids is 1. The Morgan fingerprint density at radius 1 is 1.08 bits per heavy atom. The number of anilines is 1. The van der Waals surface area contributed by atoms with Crippen LogP contribution in [-0.2, 0) is 6.54 Å². The van der Waals surface area contributed by atoms with Gasteiger partial charge in [-0.2, -0.15) is 0 Å². The van der Waals surface area contributed by atoms with Gasteiger partial charge < -0.3 is 15.1 Å². The van der Waals surface area contributed by atoms with Crippen molar-refractivity contribution in [1.82, 2.24) is 15.2 Å². The number of nitrogens with one attached hydrogen (secondary N) is 1. The highest BCUT2D eigenvalue weighted by Gasteiger charge is 2.21. The summed E-state index contributed by atoms with van der Waals surface area (Å²) in [6.07, 6.45) is 3.48. The molecular formula is C19H24N4O. The van der Waals surface area contributed by atoms with Crippen molar-refractivity contribution in [2.75, 3.05) is 31.1 Å². The summed E-state index contributed by atoms with van der Waals surface area (Å²) in [7, 11) is 0. The van der Waals surface area contributed by atoms with Crippen LogP contribution in [0.25, 0.3) is 0 Å². The summed E-state index contributed by atoms with van der Waals surface area (Å²) in [6, 6.07) is 10.4. The molecule has 5 heteroatoms. The Labute approximate surface area is 143 Å². The lowest BCUT2D eigenvalue weighted by molar-refractivity contribution is 0.194. The number of rotatable bonds is 3. The number of aromatic nitrogens is 1. The molecule has 2 amide bonds. The van der Waals surface area contributed by atoms with E-state index in [2.05, 4.69) is 47.2 Å². The van der Waals surface area contributed by atoms with Gasteiger partial charge >= 0.3 is 6.03 Å². The molecule has 1 aliphatic rings. The van der Waals surface area contributed by atoms with Crippen molar-refractivity contribution in [3.8, 4) is 0 Å². The normalized spacial score (nSPS) is 14.6. The van der Waals surface area contributed by atoms with Gasteiger partial charge in [-0.25, -0.2) is 4.79 Å². The second kappa shape index (κ2) is 7.34. The number of carbonyl (C=O) groups is 1. The van der Waals surface area contributed by atoms with Crippen LogP contribution in [0.3, 0.4) is 0 Å². The predicted molar refractivity (Wildman–Crippen MR) is 96.2 cm³/mol. The fourth-order valence-electron chi connectivity index (χ4n) is 3.10. The minimum absolute atomic E-state index is 0.00657. The zero-order valence-electron chi connectivity index (χ0n) is 14.3. The molecule has 1 aliphatic heterocycles. The molecule has 24 heavy (non-hydrogen) atoms. The van der Waals surface area contributed by atoms with Crippen LogP contribution < -0.4 is 10.2 Å². The van der Waals surface area contributed by atoms with Crippen molar-refractivity contribution in [1.29, 1.82) is 0 Å². The predicted octanol–water partition coefficient (Wildman–Crippen LogP) is 2.73. The fraction of sp³-hybridized carbons (Fsp3) is 0.368. The SMILES string of the molecule is Cc1ccc(N2CCN(C(=O)NCc3ccncc3)CC2)c(C)c1. The van der Waals surface area contributed by atoms with E-state index in [1.54, 1.807) is 12.4 Å². The average Bonchev–Trinajstić information content (AvgIpc) is 2.61. The number of pyridine rings is 1. The molecule has 1 aromatic carbocycles. The molecule has 2 aromatic rings. The summed E-state index contributed by atoms with van der Waals surface area (Å²) >= 11 is 0. The summed E-state index contributed by atoms with van der Waals surface area (Å²) < 4.78 is 0. The molecule has 0 spiro atoms. The standard InChI is InChI=1S/C19H24N4O/c1-15-3-4-18(16(2)13-15)22-9-11-23(12-10-22)19(24)21-14-17-5-7-20-8-6-17/h3-8,13H,9-12,14H2,1-2H3,(H,21,24). The monoisotopic (exact) mass is 324 g/mol. The van der Waals surface area contributed by atoms with Gasteiger partial charge in [0.2, 0.25) is 0 Å². The Kier molecular flexibility index (Phi) is 4.99. The zero-order valence-corrected chi connectivity index (χ0v) is 14.3. The number of hydrogen-bond acceptors (Lipinski definition) is 3. The van der Waals surface area contributed by atoms with E-state index in [4.69, 9.17) is 0 Å². The minimum atomic E-state index is 0.00657. The van der Waals surface area contributed by atoms with Crippen LogP contribution in [0.15, 0.2) is 42.7 Å².